The van der Waals surface area contributed by atoms with Crippen LogP contribution in [0.15, 0.2) is 24.3 Å². The van der Waals surface area contributed by atoms with Gasteiger partial charge in [-0.1, -0.05) is 17.7 Å². The van der Waals surface area contributed by atoms with E-state index in [2.05, 4.69) is 5.32 Å². The van der Waals surface area contributed by atoms with Gasteiger partial charge in [-0.25, -0.2) is 4.79 Å². The van der Waals surface area contributed by atoms with Crippen LogP contribution in [-0.4, -0.2) is 54.7 Å². The van der Waals surface area contributed by atoms with E-state index in [1.807, 2.05) is 17.0 Å². The number of halogens is 1. The predicted octanol–water partition coefficient (Wildman–Crippen LogP) is 2.41. The van der Waals surface area contributed by atoms with Crippen LogP contribution in [0.3, 0.4) is 0 Å². The topological polar surface area (TPSA) is 61.9 Å². The highest BCUT2D eigenvalue weighted by Gasteiger charge is 2.42. The van der Waals surface area contributed by atoms with Crippen LogP contribution >= 0.6 is 11.6 Å². The maximum Gasteiger partial charge on any atom is 0.317 e. The van der Waals surface area contributed by atoms with E-state index in [-0.39, 0.29) is 23.6 Å². The third-order valence-electron chi connectivity index (χ3n) is 5.50. The number of nitrogens with one attached hydrogen (secondary N) is 1. The summed E-state index contributed by atoms with van der Waals surface area (Å²) >= 11 is 6.01. The van der Waals surface area contributed by atoms with Crippen molar-refractivity contribution in [3.05, 3.63) is 29.3 Å². The normalized spacial score (nSPS) is 25.2. The Labute approximate surface area is 152 Å². The minimum Gasteiger partial charge on any atom is -0.375 e. The fraction of sp³-hybridized carbons (Fsp3) is 0.556. The molecule has 134 valence electrons. The highest BCUT2D eigenvalue weighted by molar-refractivity contribution is 6.30. The number of carbonyl (C=O) groups is 2. The molecule has 0 radical (unpaired) electrons. The molecule has 3 fully saturated rings. The molecule has 6 nitrogen and oxygen atoms in total. The summed E-state index contributed by atoms with van der Waals surface area (Å²) in [5.74, 6) is 0.00744. The average Bonchev–Trinajstić information content (AvgIpc) is 2.94. The third kappa shape index (κ3) is 3.33. The number of anilines is 1. The molecule has 1 spiro atoms. The Hall–Kier alpha value is -1.79. The fourth-order valence-corrected chi connectivity index (χ4v) is 4.05. The quantitative estimate of drug-likeness (QED) is 0.877. The smallest absolute Gasteiger partial charge is 0.317 e. The van der Waals surface area contributed by atoms with Gasteiger partial charge in [0.05, 0.1) is 18.2 Å². The monoisotopic (exact) mass is 363 g/mol. The molecule has 3 aliphatic heterocycles. The van der Waals surface area contributed by atoms with Gasteiger partial charge in [0.15, 0.2) is 0 Å². The van der Waals surface area contributed by atoms with Crippen LogP contribution in [0.5, 0.6) is 0 Å². The highest BCUT2D eigenvalue weighted by atomic mass is 35.5. The summed E-state index contributed by atoms with van der Waals surface area (Å²) in [6.45, 7) is 2.75. The molecule has 3 heterocycles. The van der Waals surface area contributed by atoms with Crippen LogP contribution in [0.25, 0.3) is 0 Å². The van der Waals surface area contributed by atoms with E-state index in [0.29, 0.717) is 31.1 Å². The van der Waals surface area contributed by atoms with Crippen LogP contribution in [0.4, 0.5) is 10.5 Å². The van der Waals surface area contributed by atoms with Crippen molar-refractivity contribution in [3.8, 4) is 0 Å². The van der Waals surface area contributed by atoms with Crippen molar-refractivity contribution in [3.63, 3.8) is 0 Å². The van der Waals surface area contributed by atoms with Crippen molar-refractivity contribution >= 4 is 29.2 Å². The van der Waals surface area contributed by atoms with Gasteiger partial charge in [0.1, 0.15) is 0 Å². The number of likely N-dealkylation sites (tertiary alicyclic amines) is 1. The van der Waals surface area contributed by atoms with Crippen molar-refractivity contribution in [1.82, 2.24) is 10.2 Å². The van der Waals surface area contributed by atoms with Crippen molar-refractivity contribution in [2.24, 2.45) is 0 Å². The zero-order valence-electron chi connectivity index (χ0n) is 14.0. The second-order valence-electron chi connectivity index (χ2n) is 7.10. The number of piperidine rings is 1. The second-order valence-corrected chi connectivity index (χ2v) is 7.54. The molecule has 3 aliphatic rings. The number of rotatable bonds is 2. The van der Waals surface area contributed by atoms with E-state index in [0.717, 1.165) is 31.6 Å². The zero-order valence-corrected chi connectivity index (χ0v) is 14.8. The second kappa shape index (κ2) is 6.50. The molecule has 3 amide bonds. The van der Waals surface area contributed by atoms with Crippen LogP contribution in [0, 0.1) is 0 Å². The van der Waals surface area contributed by atoms with E-state index in [4.69, 9.17) is 16.3 Å². The summed E-state index contributed by atoms with van der Waals surface area (Å²) in [6.07, 6.45) is 3.23. The molecule has 0 bridgehead atoms. The molecule has 1 unspecified atom stereocenters. The maximum atomic E-state index is 12.5. The summed E-state index contributed by atoms with van der Waals surface area (Å²) < 4.78 is 5.69. The summed E-state index contributed by atoms with van der Waals surface area (Å²) in [6, 6.07) is 6.97. The first-order chi connectivity index (χ1) is 12.0. The summed E-state index contributed by atoms with van der Waals surface area (Å²) in [4.78, 5) is 28.3. The molecular formula is C18H22ClN3O3. The number of amides is 3. The standard InChI is InChI=1S/C18H22ClN3O3/c19-13-2-1-3-15(10-13)22-12-14(11-16(22)23)20-17(24)21-7-4-18(5-8-21)6-9-25-18/h1-3,10,14H,4-9,11-12H2,(H,20,24). The van der Waals surface area contributed by atoms with Gasteiger partial charge in [-0.05, 0) is 37.5 Å². The van der Waals surface area contributed by atoms with Gasteiger partial charge in [-0.3, -0.25) is 4.79 Å². The molecule has 1 atom stereocenters. The molecular weight excluding hydrogens is 342 g/mol. The van der Waals surface area contributed by atoms with Gasteiger partial charge in [0.2, 0.25) is 5.91 Å². The Morgan fingerprint density at radius 1 is 1.28 bits per heavy atom. The minimum atomic E-state index is -0.171. The van der Waals surface area contributed by atoms with E-state index in [9.17, 15) is 9.59 Å². The van der Waals surface area contributed by atoms with Gasteiger partial charge in [-0.15, -0.1) is 0 Å². The summed E-state index contributed by atoms with van der Waals surface area (Å²) in [5.41, 5.74) is 0.806. The first kappa shape index (κ1) is 16.7. The van der Waals surface area contributed by atoms with Crippen LogP contribution in [-0.2, 0) is 9.53 Å². The number of hydrogen-bond acceptors (Lipinski definition) is 3. The van der Waals surface area contributed by atoms with E-state index >= 15 is 0 Å². The number of ether oxygens (including phenoxy) is 1. The Balaban J connectivity index is 1.32. The number of urea groups is 1. The Kier molecular flexibility index (Phi) is 4.33. The molecule has 0 aliphatic carbocycles. The van der Waals surface area contributed by atoms with Gasteiger partial charge in [0.25, 0.3) is 0 Å². The molecule has 0 aromatic heterocycles. The molecule has 25 heavy (non-hydrogen) atoms. The highest BCUT2D eigenvalue weighted by Crippen LogP contribution is 2.36. The largest absolute Gasteiger partial charge is 0.375 e. The van der Waals surface area contributed by atoms with Crippen molar-refractivity contribution in [2.45, 2.75) is 37.3 Å². The lowest BCUT2D eigenvalue weighted by atomic mass is 9.84. The summed E-state index contributed by atoms with van der Waals surface area (Å²) in [7, 11) is 0. The van der Waals surface area contributed by atoms with Crippen LogP contribution < -0.4 is 10.2 Å². The lowest BCUT2D eigenvalue weighted by Gasteiger charge is -2.47. The van der Waals surface area contributed by atoms with Crippen molar-refractivity contribution in [1.29, 1.82) is 0 Å². The molecule has 1 N–H and O–H groups in total. The molecule has 0 saturated carbocycles. The fourth-order valence-electron chi connectivity index (χ4n) is 3.87. The Morgan fingerprint density at radius 2 is 2.04 bits per heavy atom. The minimum absolute atomic E-state index is 0.00744. The van der Waals surface area contributed by atoms with Gasteiger partial charge >= 0.3 is 6.03 Å². The number of carbonyl (C=O) groups excluding carboxylic acids is 2. The first-order valence-corrected chi connectivity index (χ1v) is 9.18. The molecule has 4 rings (SSSR count). The van der Waals surface area contributed by atoms with Crippen molar-refractivity contribution < 1.29 is 14.3 Å². The lowest BCUT2D eigenvalue weighted by molar-refractivity contribution is -0.169. The van der Waals surface area contributed by atoms with E-state index in [1.165, 1.54) is 0 Å². The SMILES string of the molecule is O=C(NC1CC(=O)N(c2cccc(Cl)c2)C1)N1CCC2(CCO2)CC1. The number of nitrogens with zero attached hydrogens (tertiary/aromatic N) is 2. The number of benzene rings is 1. The van der Waals surface area contributed by atoms with Gasteiger partial charge in [0, 0.05) is 36.8 Å². The van der Waals surface area contributed by atoms with E-state index < -0.39 is 0 Å². The first-order valence-electron chi connectivity index (χ1n) is 8.80. The number of hydrogen-bond donors (Lipinski definition) is 1. The van der Waals surface area contributed by atoms with E-state index in [1.54, 1.807) is 17.0 Å². The Bertz CT molecular complexity index is 682. The van der Waals surface area contributed by atoms with Crippen LogP contribution in [0.1, 0.15) is 25.7 Å². The molecule has 1 aromatic carbocycles. The zero-order chi connectivity index (χ0) is 17.4. The third-order valence-corrected chi connectivity index (χ3v) is 5.74. The molecule has 7 heteroatoms. The van der Waals surface area contributed by atoms with Crippen molar-refractivity contribution in [2.75, 3.05) is 31.1 Å². The lowest BCUT2D eigenvalue weighted by Crippen LogP contribution is -2.56. The summed E-state index contributed by atoms with van der Waals surface area (Å²) in [5, 5.41) is 3.60. The maximum absolute atomic E-state index is 12.5. The average molecular weight is 364 g/mol. The van der Waals surface area contributed by atoms with Gasteiger partial charge < -0.3 is 19.9 Å². The predicted molar refractivity (Wildman–Crippen MR) is 94.8 cm³/mol. The van der Waals surface area contributed by atoms with Crippen LogP contribution in [0.2, 0.25) is 5.02 Å². The molecule has 3 saturated heterocycles. The molecule has 1 aromatic rings. The van der Waals surface area contributed by atoms with Gasteiger partial charge in [-0.2, -0.15) is 0 Å². The Morgan fingerprint density at radius 3 is 2.68 bits per heavy atom.